The first-order valence-corrected chi connectivity index (χ1v) is 29.7. The fourth-order valence-corrected chi connectivity index (χ4v) is 10.7. The van der Waals surface area contributed by atoms with Crippen LogP contribution in [0.2, 0.25) is 18.1 Å². The highest BCUT2D eigenvalue weighted by atomic mass is 28.4. The lowest BCUT2D eigenvalue weighted by atomic mass is 9.86. The van der Waals surface area contributed by atoms with Crippen LogP contribution >= 0.6 is 0 Å². The second-order valence-electron chi connectivity index (χ2n) is 21.5. The monoisotopic (exact) mass is 877 g/mol. The van der Waals surface area contributed by atoms with Gasteiger partial charge in [-0.1, -0.05) is 177 Å². The molecule has 2 rings (SSSR count). The number of carbonyl (C=O) groups excluding carboxylic acids is 2. The highest BCUT2D eigenvalue weighted by Crippen LogP contribution is 2.41. The van der Waals surface area contributed by atoms with Gasteiger partial charge in [-0.3, -0.25) is 14.5 Å². The smallest absolute Gasteiger partial charge is 0.308 e. The summed E-state index contributed by atoms with van der Waals surface area (Å²) in [7, 11) is -1.68. The van der Waals surface area contributed by atoms with Gasteiger partial charge in [0.1, 0.15) is 13.2 Å². The zero-order chi connectivity index (χ0) is 44.8. The van der Waals surface area contributed by atoms with Gasteiger partial charge in [0.15, 0.2) is 8.32 Å². The van der Waals surface area contributed by atoms with Gasteiger partial charge in [-0.15, -0.1) is 0 Å². The Morgan fingerprint density at radius 2 is 0.967 bits per heavy atom. The standard InChI is InChI=1S/C53H104N2O5Si/c1-10-14-18-22-24-29-35-47(33-27-20-16-12-3)50(56)58-43-49(44-59-51(57)48(34-28-21-17-13-4)36-30-25-23-19-15-11-2)55-41-38-53(46-55)37-40-54(45-53)39-31-26-32-42-60-61(8,9)52(5,6)7/h47-49H,10-46H2,1-9H3. The molecule has 0 aliphatic carbocycles. The fraction of sp³-hybridized carbons (Fsp3) is 0.962. The van der Waals surface area contributed by atoms with Gasteiger partial charge in [-0.05, 0) is 101 Å². The Kier molecular flexibility index (Phi) is 30.1. The Balaban J connectivity index is 2.08. The molecule has 0 amide bonds. The van der Waals surface area contributed by atoms with Crippen LogP contribution in [0.15, 0.2) is 0 Å². The molecule has 2 heterocycles. The number of esters is 2. The first kappa shape index (κ1) is 56.2. The van der Waals surface area contributed by atoms with Crippen molar-refractivity contribution in [3.05, 3.63) is 0 Å². The lowest BCUT2D eigenvalue weighted by Gasteiger charge is -2.36. The summed E-state index contributed by atoms with van der Waals surface area (Å²) in [6.07, 6.45) is 34.0. The summed E-state index contributed by atoms with van der Waals surface area (Å²) < 4.78 is 19.1. The molecule has 1 spiro atoms. The molecule has 0 radical (unpaired) electrons. The molecule has 0 aromatic heterocycles. The Bertz CT molecular complexity index is 1060. The van der Waals surface area contributed by atoms with Crippen LogP contribution in [-0.2, 0) is 23.5 Å². The number of hydrogen-bond donors (Lipinski definition) is 0. The van der Waals surface area contributed by atoms with Gasteiger partial charge in [-0.25, -0.2) is 0 Å². The molecule has 61 heavy (non-hydrogen) atoms. The van der Waals surface area contributed by atoms with E-state index >= 15 is 0 Å². The largest absolute Gasteiger partial charge is 0.464 e. The SMILES string of the molecule is CCCCCCCCC(CCCCCC)C(=O)OCC(COC(=O)C(CCCCCC)CCCCCCCC)N1CCC2(CCN(CCCCCO[Si](C)(C)C(C)(C)C)C2)C1. The number of carbonyl (C=O) groups is 2. The predicted octanol–water partition coefficient (Wildman–Crippen LogP) is 14.7. The zero-order valence-electron chi connectivity index (χ0n) is 42.3. The van der Waals surface area contributed by atoms with Gasteiger partial charge in [0, 0.05) is 19.7 Å². The van der Waals surface area contributed by atoms with Gasteiger partial charge < -0.3 is 18.8 Å². The summed E-state index contributed by atoms with van der Waals surface area (Å²) in [6, 6.07) is -0.0909. The zero-order valence-corrected chi connectivity index (χ0v) is 43.3. The summed E-state index contributed by atoms with van der Waals surface area (Å²) in [4.78, 5) is 33.1. The third kappa shape index (κ3) is 23.7. The molecule has 7 nitrogen and oxygen atoms in total. The number of rotatable bonds is 38. The highest BCUT2D eigenvalue weighted by molar-refractivity contribution is 6.74. The summed E-state index contributed by atoms with van der Waals surface area (Å²) in [6.45, 7) is 27.7. The van der Waals surface area contributed by atoms with E-state index in [0.717, 1.165) is 90.6 Å². The Hall–Kier alpha value is -0.963. The molecule has 3 unspecified atom stereocenters. The number of likely N-dealkylation sites (tertiary alicyclic amines) is 2. The summed E-state index contributed by atoms with van der Waals surface area (Å²) in [5, 5.41) is 0.265. The van der Waals surface area contributed by atoms with Crippen molar-refractivity contribution in [2.45, 2.75) is 259 Å². The van der Waals surface area contributed by atoms with E-state index < -0.39 is 8.32 Å². The fourth-order valence-electron chi connectivity index (χ4n) is 9.58. The maximum Gasteiger partial charge on any atom is 0.308 e. The van der Waals surface area contributed by atoms with Crippen molar-refractivity contribution < 1.29 is 23.5 Å². The molecule has 2 aliphatic heterocycles. The molecule has 0 aromatic rings. The Labute approximate surface area is 380 Å². The normalized spacial score (nSPS) is 19.2. The molecular formula is C53H104N2O5Si. The molecule has 360 valence electrons. The van der Waals surface area contributed by atoms with E-state index in [1.807, 2.05) is 0 Å². The first-order chi connectivity index (χ1) is 29.3. The molecule has 8 heteroatoms. The third-order valence-electron chi connectivity index (χ3n) is 15.0. The van der Waals surface area contributed by atoms with E-state index in [-0.39, 0.29) is 40.3 Å². The van der Waals surface area contributed by atoms with E-state index in [1.165, 1.54) is 135 Å². The molecule has 2 saturated heterocycles. The van der Waals surface area contributed by atoms with Gasteiger partial charge in [0.2, 0.25) is 0 Å². The Morgan fingerprint density at radius 1 is 0.557 bits per heavy atom. The second kappa shape index (κ2) is 32.7. The number of ether oxygens (including phenoxy) is 2. The molecule has 2 fully saturated rings. The van der Waals surface area contributed by atoms with Crippen LogP contribution in [0.5, 0.6) is 0 Å². The van der Waals surface area contributed by atoms with Crippen molar-refractivity contribution in [1.82, 2.24) is 9.80 Å². The maximum absolute atomic E-state index is 13.9. The average molecular weight is 878 g/mol. The molecule has 2 aliphatic rings. The minimum atomic E-state index is -1.68. The van der Waals surface area contributed by atoms with Gasteiger partial charge in [0.25, 0.3) is 0 Å². The van der Waals surface area contributed by atoms with Crippen molar-refractivity contribution in [1.29, 1.82) is 0 Å². The molecular weight excluding hydrogens is 773 g/mol. The first-order valence-electron chi connectivity index (χ1n) is 26.7. The maximum atomic E-state index is 13.9. The predicted molar refractivity (Wildman–Crippen MR) is 263 cm³/mol. The van der Waals surface area contributed by atoms with Crippen LogP contribution in [0, 0.1) is 17.3 Å². The molecule has 3 atom stereocenters. The van der Waals surface area contributed by atoms with E-state index in [0.29, 0.717) is 13.2 Å². The van der Waals surface area contributed by atoms with Crippen LogP contribution in [0.25, 0.3) is 0 Å². The number of nitrogens with zero attached hydrogens (tertiary/aromatic N) is 2. The lowest BCUT2D eigenvalue weighted by Crippen LogP contribution is -2.44. The molecule has 0 bridgehead atoms. The highest BCUT2D eigenvalue weighted by Gasteiger charge is 2.45. The van der Waals surface area contributed by atoms with Crippen LogP contribution in [0.3, 0.4) is 0 Å². The summed E-state index contributed by atoms with van der Waals surface area (Å²) in [5.74, 6) is -0.0891. The van der Waals surface area contributed by atoms with Gasteiger partial charge >= 0.3 is 11.9 Å². The van der Waals surface area contributed by atoms with Crippen LogP contribution < -0.4 is 0 Å². The third-order valence-corrected chi connectivity index (χ3v) is 19.6. The van der Waals surface area contributed by atoms with E-state index in [1.54, 1.807) is 0 Å². The molecule has 0 N–H and O–H groups in total. The van der Waals surface area contributed by atoms with Crippen LogP contribution in [0.1, 0.15) is 235 Å². The average Bonchev–Trinajstić information content (AvgIpc) is 3.84. The van der Waals surface area contributed by atoms with Crippen LogP contribution in [-0.4, -0.2) is 88.6 Å². The molecule has 0 aromatic carbocycles. The van der Waals surface area contributed by atoms with Crippen molar-refractivity contribution >= 4 is 20.3 Å². The van der Waals surface area contributed by atoms with Gasteiger partial charge in [-0.2, -0.15) is 0 Å². The van der Waals surface area contributed by atoms with Crippen molar-refractivity contribution in [3.63, 3.8) is 0 Å². The van der Waals surface area contributed by atoms with Crippen molar-refractivity contribution in [3.8, 4) is 0 Å². The minimum Gasteiger partial charge on any atom is -0.464 e. The van der Waals surface area contributed by atoms with Gasteiger partial charge in [0.05, 0.1) is 17.9 Å². The summed E-state index contributed by atoms with van der Waals surface area (Å²) >= 11 is 0. The van der Waals surface area contributed by atoms with E-state index in [9.17, 15) is 9.59 Å². The molecule has 0 saturated carbocycles. The number of unbranched alkanes of at least 4 members (excludes halogenated alkanes) is 18. The quantitative estimate of drug-likeness (QED) is 0.0348. The van der Waals surface area contributed by atoms with E-state index in [2.05, 4.69) is 71.4 Å². The van der Waals surface area contributed by atoms with Crippen molar-refractivity contribution in [2.75, 3.05) is 52.5 Å². The topological polar surface area (TPSA) is 68.3 Å². The minimum absolute atomic E-state index is 0.0195. The second-order valence-corrected chi connectivity index (χ2v) is 26.3. The summed E-state index contributed by atoms with van der Waals surface area (Å²) in [5.41, 5.74) is 0.275. The number of hydrogen-bond acceptors (Lipinski definition) is 7. The van der Waals surface area contributed by atoms with E-state index in [4.69, 9.17) is 13.9 Å². The van der Waals surface area contributed by atoms with Crippen LogP contribution in [0.4, 0.5) is 0 Å². The lowest BCUT2D eigenvalue weighted by molar-refractivity contribution is -0.155. The van der Waals surface area contributed by atoms with Crippen molar-refractivity contribution in [2.24, 2.45) is 17.3 Å². The Morgan fingerprint density at radius 3 is 1.43 bits per heavy atom.